The molecule has 1 atom stereocenters. The predicted molar refractivity (Wildman–Crippen MR) is 100.0 cm³/mol. The van der Waals surface area contributed by atoms with Crippen molar-refractivity contribution >= 4 is 23.2 Å². The number of nitrogens with one attached hydrogen (secondary N) is 2. The fraction of sp³-hybridized carbons (Fsp3) is 0.300. The summed E-state index contributed by atoms with van der Waals surface area (Å²) in [7, 11) is 0. The van der Waals surface area contributed by atoms with Crippen LogP contribution in [0.1, 0.15) is 31.4 Å². The van der Waals surface area contributed by atoms with Gasteiger partial charge in [-0.2, -0.15) is 0 Å². The molecule has 2 aromatic rings. The lowest BCUT2D eigenvalue weighted by Gasteiger charge is -2.19. The largest absolute Gasteiger partial charge is 0.480 e. The van der Waals surface area contributed by atoms with Crippen LogP contribution < -0.4 is 15.4 Å². The molecule has 0 spiro atoms. The van der Waals surface area contributed by atoms with Gasteiger partial charge in [-0.15, -0.1) is 0 Å². The van der Waals surface area contributed by atoms with Crippen LogP contribution >= 0.6 is 0 Å². The Hall–Kier alpha value is -2.82. The number of benzene rings is 2. The lowest BCUT2D eigenvalue weighted by atomic mass is 10.1. The van der Waals surface area contributed by atoms with Crippen LogP contribution in [0.3, 0.4) is 0 Å². The lowest BCUT2D eigenvalue weighted by molar-refractivity contribution is -0.122. The van der Waals surface area contributed by atoms with E-state index in [1.807, 2.05) is 39.0 Å². The van der Waals surface area contributed by atoms with Gasteiger partial charge in [0.15, 0.2) is 6.10 Å². The van der Waals surface area contributed by atoms with Crippen molar-refractivity contribution < 1.29 is 14.3 Å². The summed E-state index contributed by atoms with van der Waals surface area (Å²) in [6.45, 7) is 7.36. The average Bonchev–Trinajstić information content (AvgIpc) is 2.57. The SMILES string of the molecule is CC[C@H](Oc1cccc(C)c1C)C(=O)Nc1ccc(NC(C)=O)cc1. The van der Waals surface area contributed by atoms with Crippen molar-refractivity contribution in [2.75, 3.05) is 10.6 Å². The van der Waals surface area contributed by atoms with E-state index in [-0.39, 0.29) is 11.8 Å². The van der Waals surface area contributed by atoms with Gasteiger partial charge in [-0.3, -0.25) is 9.59 Å². The Bertz CT molecular complexity index is 754. The van der Waals surface area contributed by atoms with Gasteiger partial charge in [0.1, 0.15) is 5.75 Å². The monoisotopic (exact) mass is 340 g/mol. The summed E-state index contributed by atoms with van der Waals surface area (Å²) in [5.41, 5.74) is 3.50. The molecule has 2 N–H and O–H groups in total. The van der Waals surface area contributed by atoms with E-state index in [0.717, 1.165) is 16.9 Å². The third-order valence-corrected chi connectivity index (χ3v) is 3.96. The molecule has 25 heavy (non-hydrogen) atoms. The number of aryl methyl sites for hydroxylation is 1. The highest BCUT2D eigenvalue weighted by molar-refractivity contribution is 5.95. The van der Waals surface area contributed by atoms with Crippen molar-refractivity contribution in [3.63, 3.8) is 0 Å². The van der Waals surface area contributed by atoms with Crippen LogP contribution in [-0.4, -0.2) is 17.9 Å². The van der Waals surface area contributed by atoms with Gasteiger partial charge in [0.25, 0.3) is 5.91 Å². The molecule has 0 heterocycles. The molecular formula is C20H24N2O3. The number of carbonyl (C=O) groups excluding carboxylic acids is 2. The van der Waals surface area contributed by atoms with E-state index in [1.165, 1.54) is 6.92 Å². The molecule has 0 saturated carbocycles. The molecular weight excluding hydrogens is 316 g/mol. The van der Waals surface area contributed by atoms with Gasteiger partial charge in [-0.25, -0.2) is 0 Å². The van der Waals surface area contributed by atoms with Gasteiger partial charge in [-0.05, 0) is 61.7 Å². The highest BCUT2D eigenvalue weighted by Crippen LogP contribution is 2.23. The summed E-state index contributed by atoms with van der Waals surface area (Å²) in [4.78, 5) is 23.5. The maximum atomic E-state index is 12.5. The third-order valence-electron chi connectivity index (χ3n) is 3.96. The van der Waals surface area contributed by atoms with E-state index >= 15 is 0 Å². The van der Waals surface area contributed by atoms with Crippen molar-refractivity contribution in [3.8, 4) is 5.75 Å². The predicted octanol–water partition coefficient (Wildman–Crippen LogP) is 4.06. The Labute approximate surface area is 148 Å². The van der Waals surface area contributed by atoms with Crippen molar-refractivity contribution in [2.45, 2.75) is 40.2 Å². The minimum absolute atomic E-state index is 0.134. The number of anilines is 2. The van der Waals surface area contributed by atoms with Gasteiger partial charge < -0.3 is 15.4 Å². The molecule has 2 rings (SSSR count). The Morgan fingerprint density at radius 3 is 2.16 bits per heavy atom. The average molecular weight is 340 g/mol. The van der Waals surface area contributed by atoms with Gasteiger partial charge in [0.2, 0.25) is 5.91 Å². The zero-order valence-corrected chi connectivity index (χ0v) is 15.1. The summed E-state index contributed by atoms with van der Waals surface area (Å²) in [6, 6.07) is 12.8. The summed E-state index contributed by atoms with van der Waals surface area (Å²) in [5, 5.41) is 5.54. The number of ether oxygens (including phenoxy) is 1. The molecule has 0 aliphatic rings. The van der Waals surface area contributed by atoms with Crippen LogP contribution in [0.5, 0.6) is 5.75 Å². The van der Waals surface area contributed by atoms with Crippen LogP contribution in [-0.2, 0) is 9.59 Å². The van der Waals surface area contributed by atoms with Crippen molar-refractivity contribution in [1.82, 2.24) is 0 Å². The van der Waals surface area contributed by atoms with Crippen LogP contribution in [0.4, 0.5) is 11.4 Å². The smallest absolute Gasteiger partial charge is 0.265 e. The molecule has 0 aliphatic heterocycles. The van der Waals surface area contributed by atoms with E-state index in [0.29, 0.717) is 17.8 Å². The van der Waals surface area contributed by atoms with E-state index in [2.05, 4.69) is 10.6 Å². The summed E-state index contributed by atoms with van der Waals surface area (Å²) in [6.07, 6.45) is -0.0149. The minimum atomic E-state index is -0.574. The van der Waals surface area contributed by atoms with Crippen molar-refractivity contribution in [1.29, 1.82) is 0 Å². The molecule has 0 saturated heterocycles. The van der Waals surface area contributed by atoms with Crippen LogP contribution in [0.2, 0.25) is 0 Å². The normalized spacial score (nSPS) is 11.5. The molecule has 0 unspecified atom stereocenters. The Morgan fingerprint density at radius 2 is 1.60 bits per heavy atom. The van der Waals surface area contributed by atoms with Crippen LogP contribution in [0.15, 0.2) is 42.5 Å². The number of amides is 2. The fourth-order valence-electron chi connectivity index (χ4n) is 2.39. The molecule has 0 fully saturated rings. The fourth-order valence-corrected chi connectivity index (χ4v) is 2.39. The molecule has 0 radical (unpaired) electrons. The third kappa shape index (κ3) is 5.08. The zero-order chi connectivity index (χ0) is 18.4. The first-order valence-electron chi connectivity index (χ1n) is 8.32. The second-order valence-corrected chi connectivity index (χ2v) is 5.96. The number of carbonyl (C=O) groups is 2. The summed E-state index contributed by atoms with van der Waals surface area (Å²) < 4.78 is 5.92. The van der Waals surface area contributed by atoms with Gasteiger partial charge in [-0.1, -0.05) is 19.1 Å². The number of hydrogen-bond donors (Lipinski definition) is 2. The molecule has 0 bridgehead atoms. The Kier molecular flexibility index (Phi) is 6.17. The second-order valence-electron chi connectivity index (χ2n) is 5.96. The number of hydrogen-bond acceptors (Lipinski definition) is 3. The molecule has 5 nitrogen and oxygen atoms in total. The van der Waals surface area contributed by atoms with E-state index < -0.39 is 6.10 Å². The number of rotatable bonds is 6. The Balaban J connectivity index is 2.04. The highest BCUT2D eigenvalue weighted by atomic mass is 16.5. The highest BCUT2D eigenvalue weighted by Gasteiger charge is 2.19. The second kappa shape index (κ2) is 8.33. The van der Waals surface area contributed by atoms with Crippen LogP contribution in [0.25, 0.3) is 0 Å². The topological polar surface area (TPSA) is 67.4 Å². The summed E-state index contributed by atoms with van der Waals surface area (Å²) in [5.74, 6) is 0.392. The molecule has 5 heteroatoms. The molecule has 2 aromatic carbocycles. The molecule has 0 aromatic heterocycles. The summed E-state index contributed by atoms with van der Waals surface area (Å²) >= 11 is 0. The maximum Gasteiger partial charge on any atom is 0.265 e. The van der Waals surface area contributed by atoms with Gasteiger partial charge >= 0.3 is 0 Å². The zero-order valence-electron chi connectivity index (χ0n) is 15.1. The quantitative estimate of drug-likeness (QED) is 0.833. The standard InChI is InChI=1S/C20H24N2O3/c1-5-18(25-19-8-6-7-13(2)14(19)3)20(24)22-17-11-9-16(10-12-17)21-15(4)23/h6-12,18H,5H2,1-4H3,(H,21,23)(H,22,24)/t18-/m0/s1. The first kappa shape index (κ1) is 18.5. The van der Waals surface area contributed by atoms with Crippen molar-refractivity contribution in [3.05, 3.63) is 53.6 Å². The van der Waals surface area contributed by atoms with Crippen LogP contribution in [0, 0.1) is 13.8 Å². The van der Waals surface area contributed by atoms with E-state index in [1.54, 1.807) is 24.3 Å². The van der Waals surface area contributed by atoms with Gasteiger partial charge in [0, 0.05) is 18.3 Å². The molecule has 0 aliphatic carbocycles. The minimum Gasteiger partial charge on any atom is -0.480 e. The Morgan fingerprint density at radius 1 is 1.00 bits per heavy atom. The van der Waals surface area contributed by atoms with Crippen molar-refractivity contribution in [2.24, 2.45) is 0 Å². The van der Waals surface area contributed by atoms with E-state index in [9.17, 15) is 9.59 Å². The lowest BCUT2D eigenvalue weighted by Crippen LogP contribution is -2.32. The maximum absolute atomic E-state index is 12.5. The first-order chi connectivity index (χ1) is 11.9. The molecule has 132 valence electrons. The molecule has 2 amide bonds. The van der Waals surface area contributed by atoms with Gasteiger partial charge in [0.05, 0.1) is 0 Å². The van der Waals surface area contributed by atoms with E-state index in [4.69, 9.17) is 4.74 Å². The first-order valence-corrected chi connectivity index (χ1v) is 8.32.